The van der Waals surface area contributed by atoms with Gasteiger partial charge in [-0.15, -0.1) is 0 Å². The van der Waals surface area contributed by atoms with E-state index in [2.05, 4.69) is 41.9 Å². The average molecular weight is 312 g/mol. The fourth-order valence-corrected chi connectivity index (χ4v) is 2.77. The summed E-state index contributed by atoms with van der Waals surface area (Å²) in [6, 6.07) is 10.9. The Morgan fingerprint density at radius 2 is 1.87 bits per heavy atom. The number of hydrogen-bond donors (Lipinski definition) is 0. The van der Waals surface area contributed by atoms with E-state index in [0.29, 0.717) is 19.3 Å². The Kier molecular flexibility index (Phi) is 5.13. The Morgan fingerprint density at radius 1 is 1.09 bits per heavy atom. The van der Waals surface area contributed by atoms with Crippen LogP contribution in [0.5, 0.6) is 11.5 Å². The van der Waals surface area contributed by atoms with Crippen molar-refractivity contribution in [2.24, 2.45) is 0 Å². The Bertz CT molecular complexity index is 631. The topological polar surface area (TPSA) is 34.6 Å². The molecule has 1 aliphatic rings. The fourth-order valence-electron chi connectivity index (χ4n) is 2.77. The minimum absolute atomic E-state index is 0.503. The molecular formula is C19H24N2O2. The maximum Gasteiger partial charge on any atom is 0.161 e. The predicted molar refractivity (Wildman–Crippen MR) is 90.7 cm³/mol. The first kappa shape index (κ1) is 15.8. The van der Waals surface area contributed by atoms with E-state index in [0.717, 1.165) is 31.0 Å². The third-order valence-corrected chi connectivity index (χ3v) is 4.31. The molecule has 3 rings (SSSR count). The van der Waals surface area contributed by atoms with Crippen LogP contribution in [0.2, 0.25) is 0 Å². The average Bonchev–Trinajstić information content (AvgIpc) is 2.61. The van der Waals surface area contributed by atoms with Crippen LogP contribution in [0.15, 0.2) is 42.7 Å². The minimum atomic E-state index is 0.503. The Morgan fingerprint density at radius 3 is 2.61 bits per heavy atom. The molecule has 0 bridgehead atoms. The molecule has 0 N–H and O–H groups in total. The molecule has 2 aromatic rings. The third kappa shape index (κ3) is 4.02. The number of fused-ring (bicyclic) bond motifs is 1. The van der Waals surface area contributed by atoms with E-state index in [1.54, 1.807) is 0 Å². The molecule has 122 valence electrons. The first-order chi connectivity index (χ1) is 11.3. The van der Waals surface area contributed by atoms with Crippen LogP contribution in [0.25, 0.3) is 0 Å². The van der Waals surface area contributed by atoms with Crippen molar-refractivity contribution in [3.8, 4) is 11.5 Å². The van der Waals surface area contributed by atoms with Crippen LogP contribution in [-0.4, -0.2) is 29.1 Å². The number of pyridine rings is 1. The van der Waals surface area contributed by atoms with E-state index in [9.17, 15) is 0 Å². The molecule has 0 fully saturated rings. The lowest BCUT2D eigenvalue weighted by atomic mass is 10.1. The number of nitrogens with zero attached hydrogens (tertiary/aromatic N) is 2. The van der Waals surface area contributed by atoms with Crippen LogP contribution in [0.1, 0.15) is 31.4 Å². The van der Waals surface area contributed by atoms with Crippen molar-refractivity contribution in [1.29, 1.82) is 0 Å². The second kappa shape index (κ2) is 7.47. The molecule has 4 heteroatoms. The molecule has 0 saturated heterocycles. The van der Waals surface area contributed by atoms with Crippen LogP contribution in [0.3, 0.4) is 0 Å². The molecular weight excluding hydrogens is 288 g/mol. The van der Waals surface area contributed by atoms with Crippen molar-refractivity contribution >= 4 is 0 Å². The summed E-state index contributed by atoms with van der Waals surface area (Å²) in [4.78, 5) is 6.70. The van der Waals surface area contributed by atoms with Gasteiger partial charge < -0.3 is 9.47 Å². The van der Waals surface area contributed by atoms with Gasteiger partial charge in [0, 0.05) is 31.5 Å². The molecule has 0 aliphatic carbocycles. The zero-order chi connectivity index (χ0) is 16.1. The largest absolute Gasteiger partial charge is 0.486 e. The van der Waals surface area contributed by atoms with E-state index >= 15 is 0 Å². The van der Waals surface area contributed by atoms with Gasteiger partial charge in [0.2, 0.25) is 0 Å². The van der Waals surface area contributed by atoms with E-state index in [-0.39, 0.29) is 0 Å². The van der Waals surface area contributed by atoms with Crippen LogP contribution in [0.4, 0.5) is 0 Å². The second-order valence-electron chi connectivity index (χ2n) is 6.00. The smallest absolute Gasteiger partial charge is 0.161 e. The van der Waals surface area contributed by atoms with Crippen molar-refractivity contribution in [2.45, 2.75) is 39.4 Å². The summed E-state index contributed by atoms with van der Waals surface area (Å²) in [5.41, 5.74) is 2.49. The molecule has 0 radical (unpaired) electrons. The van der Waals surface area contributed by atoms with Crippen molar-refractivity contribution < 1.29 is 9.47 Å². The maximum atomic E-state index is 5.70. The second-order valence-corrected chi connectivity index (χ2v) is 6.00. The number of benzene rings is 1. The van der Waals surface area contributed by atoms with Gasteiger partial charge in [-0.2, -0.15) is 0 Å². The highest BCUT2D eigenvalue weighted by Crippen LogP contribution is 2.31. The molecule has 0 saturated carbocycles. The predicted octanol–water partition coefficient (Wildman–Crippen LogP) is 3.65. The maximum absolute atomic E-state index is 5.70. The summed E-state index contributed by atoms with van der Waals surface area (Å²) in [5.74, 6) is 1.71. The molecule has 23 heavy (non-hydrogen) atoms. The van der Waals surface area contributed by atoms with E-state index in [1.807, 2.05) is 24.5 Å². The van der Waals surface area contributed by atoms with Gasteiger partial charge in [0.15, 0.2) is 11.5 Å². The van der Waals surface area contributed by atoms with Gasteiger partial charge >= 0.3 is 0 Å². The zero-order valence-electron chi connectivity index (χ0n) is 13.9. The lowest BCUT2D eigenvalue weighted by molar-refractivity contribution is 0.169. The standard InChI is InChI=1S/C19H24N2O2/c1-3-15(2)21(14-17-5-4-8-20-12-17)13-16-6-7-18-19(11-16)23-10-9-22-18/h4-8,11-12,15H,3,9-10,13-14H2,1-2H3/t15-/m0/s1. The van der Waals surface area contributed by atoms with Gasteiger partial charge in [-0.25, -0.2) is 0 Å². The summed E-state index contributed by atoms with van der Waals surface area (Å²) in [7, 11) is 0. The van der Waals surface area contributed by atoms with Gasteiger partial charge in [-0.3, -0.25) is 9.88 Å². The summed E-state index contributed by atoms with van der Waals surface area (Å²) in [6.07, 6.45) is 4.88. The molecule has 1 aliphatic heterocycles. The molecule has 1 aromatic carbocycles. The molecule has 0 amide bonds. The van der Waals surface area contributed by atoms with Crippen molar-refractivity contribution in [2.75, 3.05) is 13.2 Å². The number of rotatable bonds is 6. The Balaban J connectivity index is 1.75. The number of aromatic nitrogens is 1. The van der Waals surface area contributed by atoms with Gasteiger partial charge in [-0.1, -0.05) is 19.1 Å². The van der Waals surface area contributed by atoms with Gasteiger partial charge in [0.1, 0.15) is 13.2 Å². The molecule has 2 heterocycles. The summed E-state index contributed by atoms with van der Waals surface area (Å²) in [6.45, 7) is 7.55. The summed E-state index contributed by atoms with van der Waals surface area (Å²) < 4.78 is 11.3. The van der Waals surface area contributed by atoms with Crippen LogP contribution in [-0.2, 0) is 13.1 Å². The lowest BCUT2D eigenvalue weighted by Gasteiger charge is -2.29. The summed E-state index contributed by atoms with van der Waals surface area (Å²) in [5, 5.41) is 0. The van der Waals surface area contributed by atoms with Crippen molar-refractivity contribution in [1.82, 2.24) is 9.88 Å². The SMILES string of the molecule is CC[C@H](C)N(Cc1cccnc1)Cc1ccc2c(c1)OCCO2. The van der Waals surface area contributed by atoms with E-state index < -0.39 is 0 Å². The fraction of sp³-hybridized carbons (Fsp3) is 0.421. The Hall–Kier alpha value is -2.07. The molecule has 1 atom stereocenters. The van der Waals surface area contributed by atoms with Gasteiger partial charge in [-0.05, 0) is 42.7 Å². The van der Waals surface area contributed by atoms with Crippen LogP contribution in [0, 0.1) is 0 Å². The molecule has 0 unspecified atom stereocenters. The highest BCUT2D eigenvalue weighted by molar-refractivity contribution is 5.43. The van der Waals surface area contributed by atoms with Crippen LogP contribution < -0.4 is 9.47 Å². The van der Waals surface area contributed by atoms with E-state index in [1.165, 1.54) is 11.1 Å². The van der Waals surface area contributed by atoms with Crippen molar-refractivity contribution in [3.63, 3.8) is 0 Å². The van der Waals surface area contributed by atoms with Crippen LogP contribution >= 0.6 is 0 Å². The minimum Gasteiger partial charge on any atom is -0.486 e. The highest BCUT2D eigenvalue weighted by atomic mass is 16.6. The summed E-state index contributed by atoms with van der Waals surface area (Å²) >= 11 is 0. The highest BCUT2D eigenvalue weighted by Gasteiger charge is 2.16. The quantitative estimate of drug-likeness (QED) is 0.815. The Labute approximate surface area is 138 Å². The lowest BCUT2D eigenvalue weighted by Crippen LogP contribution is -2.31. The van der Waals surface area contributed by atoms with E-state index in [4.69, 9.17) is 9.47 Å². The normalized spacial score (nSPS) is 14.7. The first-order valence-electron chi connectivity index (χ1n) is 8.27. The van der Waals surface area contributed by atoms with Crippen molar-refractivity contribution in [3.05, 3.63) is 53.9 Å². The third-order valence-electron chi connectivity index (χ3n) is 4.31. The monoisotopic (exact) mass is 312 g/mol. The van der Waals surface area contributed by atoms with Gasteiger partial charge in [0.25, 0.3) is 0 Å². The van der Waals surface area contributed by atoms with Gasteiger partial charge in [0.05, 0.1) is 0 Å². The number of ether oxygens (including phenoxy) is 2. The number of hydrogen-bond acceptors (Lipinski definition) is 4. The zero-order valence-corrected chi connectivity index (χ0v) is 13.9. The first-order valence-corrected chi connectivity index (χ1v) is 8.27. The molecule has 4 nitrogen and oxygen atoms in total. The molecule has 1 aromatic heterocycles. The molecule has 0 spiro atoms.